The van der Waals surface area contributed by atoms with Crippen LogP contribution in [0.15, 0.2) is 97.8 Å². The molecule has 23 nitrogen and oxygen atoms in total. The standard InChI is InChI=1S/C30H40N2O9.C18H36O9.C15H12FN3/c1-24-21-32-28(19-25-2-3-27-22-31-5-4-26(27)18-25)20-29(24)41-17-16-39-13-12-37-9-8-35-6-7-36-10-11-38-14-15-40-23-30(33)34;1-18(2,3)27-17(20)16-26-15-14-25-13-12-24-11-10-23-9-8-22-7-6-21-5-4-19;1-10-8-18-15(7-14(10)16)19-13-3-2-12-9-17-5-4-11(12)6-13/h2-5,18,20-22H,6-17,19,23H2,1H3,(H,33,34);19H,4-16H2,1-3H3;2-9H,1H3,(H,18,19). The van der Waals surface area contributed by atoms with Gasteiger partial charge in [-0.25, -0.2) is 19.0 Å². The molecule has 2 aromatic carbocycles. The normalized spacial score (nSPS) is 11.3. The van der Waals surface area contributed by atoms with E-state index < -0.39 is 11.6 Å². The van der Waals surface area contributed by atoms with Crippen molar-refractivity contribution in [1.82, 2.24) is 19.9 Å². The molecule has 0 saturated heterocycles. The van der Waals surface area contributed by atoms with Gasteiger partial charge in [-0.15, -0.1) is 0 Å². The highest BCUT2D eigenvalue weighted by molar-refractivity contribution is 5.85. The third-order valence-corrected chi connectivity index (χ3v) is 11.5. The van der Waals surface area contributed by atoms with Crippen LogP contribution in [0.25, 0.3) is 21.5 Å². The van der Waals surface area contributed by atoms with E-state index in [0.29, 0.717) is 157 Å². The SMILES string of the molecule is CC(C)(C)OC(=O)COCCOCCOCCOCCOCCOCCO.Cc1cnc(Cc2ccc3cnccc3c2)cc1OCCOCCOCCOCCOCCOCCOCC(=O)O.Cc1cnc(Nc2ccc3cnccc3c2)cc1F. The zero-order valence-corrected chi connectivity index (χ0v) is 50.9. The topological polar surface area (TPSA) is 267 Å². The molecule has 0 aliphatic rings. The number of aliphatic carboxylic acids is 1. The number of carbonyl (C=O) groups is 2. The molecule has 0 spiro atoms. The number of aromatic nitrogens is 4. The molecule has 0 bridgehead atoms. The lowest BCUT2D eigenvalue weighted by Gasteiger charge is -2.19. The highest BCUT2D eigenvalue weighted by atomic mass is 19.1. The molecule has 0 radical (unpaired) electrons. The zero-order valence-electron chi connectivity index (χ0n) is 50.9. The molecule has 6 aromatic rings. The number of esters is 1. The van der Waals surface area contributed by atoms with Crippen molar-refractivity contribution in [2.45, 2.75) is 46.6 Å². The minimum absolute atomic E-state index is 0.0238. The first-order valence-corrected chi connectivity index (χ1v) is 28.9. The number of ether oxygens (including phenoxy) is 14. The Labute approximate surface area is 509 Å². The molecule has 0 aliphatic carbocycles. The number of aliphatic hydroxyl groups excluding tert-OH is 1. The minimum Gasteiger partial charge on any atom is -0.491 e. The number of benzene rings is 2. The second-order valence-electron chi connectivity index (χ2n) is 19.8. The maximum atomic E-state index is 13.4. The monoisotopic (exact) mass is 1220 g/mol. The molecule has 0 atom stereocenters. The summed E-state index contributed by atoms with van der Waals surface area (Å²) in [5.74, 6) is -0.326. The molecule has 4 aromatic heterocycles. The predicted molar refractivity (Wildman–Crippen MR) is 323 cm³/mol. The van der Waals surface area contributed by atoms with Gasteiger partial charge in [-0.1, -0.05) is 24.3 Å². The number of rotatable bonds is 44. The molecule has 0 fully saturated rings. The number of aryl methyl sites for hydroxylation is 2. The van der Waals surface area contributed by atoms with Crippen molar-refractivity contribution in [2.75, 3.05) is 177 Å². The average Bonchev–Trinajstić information content (AvgIpc) is 3.08. The number of hydrogen-bond acceptors (Lipinski definition) is 22. The van der Waals surface area contributed by atoms with Gasteiger partial charge in [0, 0.05) is 89.0 Å². The van der Waals surface area contributed by atoms with Crippen LogP contribution in [-0.4, -0.2) is 219 Å². The van der Waals surface area contributed by atoms with Crippen LogP contribution < -0.4 is 10.1 Å². The maximum Gasteiger partial charge on any atom is 0.332 e. The Morgan fingerprint density at radius 3 is 1.43 bits per heavy atom. The summed E-state index contributed by atoms with van der Waals surface area (Å²) in [5, 5.41) is 24.5. The third kappa shape index (κ3) is 35.8. The van der Waals surface area contributed by atoms with Crippen molar-refractivity contribution in [3.05, 3.63) is 126 Å². The van der Waals surface area contributed by atoms with Crippen molar-refractivity contribution >= 4 is 45.0 Å². The first-order chi connectivity index (χ1) is 42.3. The van der Waals surface area contributed by atoms with Crippen molar-refractivity contribution < 1.29 is 90.5 Å². The fourth-order valence-electron chi connectivity index (χ4n) is 7.29. The van der Waals surface area contributed by atoms with Gasteiger partial charge in [0.05, 0.1) is 152 Å². The van der Waals surface area contributed by atoms with Gasteiger partial charge in [-0.2, -0.15) is 0 Å². The van der Waals surface area contributed by atoms with E-state index >= 15 is 0 Å². The minimum atomic E-state index is -0.994. The molecule has 0 amide bonds. The van der Waals surface area contributed by atoms with E-state index in [1.54, 1.807) is 19.3 Å². The quantitative estimate of drug-likeness (QED) is 0.0249. The summed E-state index contributed by atoms with van der Waals surface area (Å²) < 4.78 is 88.1. The van der Waals surface area contributed by atoms with Crippen LogP contribution in [0.5, 0.6) is 5.75 Å². The second kappa shape index (κ2) is 45.7. The van der Waals surface area contributed by atoms with E-state index in [-0.39, 0.29) is 38.2 Å². The van der Waals surface area contributed by atoms with Crippen LogP contribution in [-0.2, 0) is 77.6 Å². The Morgan fingerprint density at radius 2 is 0.943 bits per heavy atom. The van der Waals surface area contributed by atoms with Gasteiger partial charge in [0.25, 0.3) is 0 Å². The van der Waals surface area contributed by atoms with Crippen LogP contribution in [0.3, 0.4) is 0 Å². The summed E-state index contributed by atoms with van der Waals surface area (Å²) in [7, 11) is 0. The molecule has 0 aliphatic heterocycles. The summed E-state index contributed by atoms with van der Waals surface area (Å²) in [6.45, 7) is 18.8. The molecule has 3 N–H and O–H groups in total. The van der Waals surface area contributed by atoms with E-state index in [0.717, 1.165) is 45.3 Å². The van der Waals surface area contributed by atoms with Gasteiger partial charge < -0.3 is 81.8 Å². The van der Waals surface area contributed by atoms with E-state index in [1.807, 2.05) is 82.7 Å². The number of halogens is 1. The van der Waals surface area contributed by atoms with Crippen LogP contribution in [0.2, 0.25) is 0 Å². The highest BCUT2D eigenvalue weighted by Crippen LogP contribution is 2.23. The van der Waals surface area contributed by atoms with E-state index in [9.17, 15) is 14.0 Å². The number of nitrogens with one attached hydrogen (secondary N) is 1. The number of carboxylic acid groups (broad SMARTS) is 1. The van der Waals surface area contributed by atoms with Crippen molar-refractivity contribution in [3.8, 4) is 5.75 Å². The molecule has 4 heterocycles. The maximum absolute atomic E-state index is 13.4. The molecule has 24 heteroatoms. The Kier molecular flexibility index (Phi) is 38.4. The summed E-state index contributed by atoms with van der Waals surface area (Å²) >= 11 is 0. The summed E-state index contributed by atoms with van der Waals surface area (Å²) in [5.41, 5.74) is 4.04. The average molecular weight is 1220 g/mol. The lowest BCUT2D eigenvalue weighted by atomic mass is 10.0. The number of pyridine rings is 4. The van der Waals surface area contributed by atoms with Crippen LogP contribution in [0.4, 0.5) is 15.9 Å². The number of hydrogen-bond donors (Lipinski definition) is 3. The zero-order chi connectivity index (χ0) is 62.4. The molecule has 87 heavy (non-hydrogen) atoms. The number of anilines is 2. The summed E-state index contributed by atoms with van der Waals surface area (Å²) in [6, 6.07) is 19.6. The molecular formula is C63H88FN5O18. The molecule has 480 valence electrons. The number of carbonyl (C=O) groups excluding carboxylic acids is 1. The molecule has 0 saturated carbocycles. The number of carboxylic acids is 1. The molecular weight excluding hydrogens is 1130 g/mol. The fraction of sp³-hybridized carbons (Fsp3) is 0.524. The number of aliphatic hydroxyl groups is 1. The van der Waals surface area contributed by atoms with E-state index in [4.69, 9.17) is 76.5 Å². The Bertz CT molecular complexity index is 2800. The van der Waals surface area contributed by atoms with Crippen molar-refractivity contribution in [2.24, 2.45) is 0 Å². The van der Waals surface area contributed by atoms with Crippen molar-refractivity contribution in [1.29, 1.82) is 0 Å². The fourth-order valence-corrected chi connectivity index (χ4v) is 7.29. The Morgan fingerprint density at radius 1 is 0.494 bits per heavy atom. The summed E-state index contributed by atoms with van der Waals surface area (Å²) in [6.07, 6.45) is 11.3. The second-order valence-corrected chi connectivity index (χ2v) is 19.8. The van der Waals surface area contributed by atoms with Crippen LogP contribution >= 0.6 is 0 Å². The smallest absolute Gasteiger partial charge is 0.332 e. The predicted octanol–water partition coefficient (Wildman–Crippen LogP) is 7.33. The van der Waals surface area contributed by atoms with Crippen molar-refractivity contribution in [3.63, 3.8) is 0 Å². The molecule has 6 rings (SSSR count). The van der Waals surface area contributed by atoms with Gasteiger partial charge in [0.1, 0.15) is 42.8 Å². The Hall–Kier alpha value is -6.49. The van der Waals surface area contributed by atoms with E-state index in [2.05, 4.69) is 43.5 Å². The lowest BCUT2D eigenvalue weighted by Crippen LogP contribution is -2.27. The highest BCUT2D eigenvalue weighted by Gasteiger charge is 2.16. The van der Waals surface area contributed by atoms with Gasteiger partial charge in [-0.3, -0.25) is 15.0 Å². The van der Waals surface area contributed by atoms with E-state index in [1.165, 1.54) is 23.2 Å². The van der Waals surface area contributed by atoms with Crippen LogP contribution in [0, 0.1) is 19.7 Å². The Balaban J connectivity index is 0.000000302. The van der Waals surface area contributed by atoms with Gasteiger partial charge >= 0.3 is 11.9 Å². The largest absolute Gasteiger partial charge is 0.491 e. The number of fused-ring (bicyclic) bond motifs is 2. The summed E-state index contributed by atoms with van der Waals surface area (Å²) in [4.78, 5) is 38.6. The van der Waals surface area contributed by atoms with Crippen LogP contribution in [0.1, 0.15) is 43.2 Å². The first-order valence-electron chi connectivity index (χ1n) is 28.9. The van der Waals surface area contributed by atoms with Gasteiger partial charge in [0.2, 0.25) is 0 Å². The third-order valence-electron chi connectivity index (χ3n) is 11.5. The van der Waals surface area contributed by atoms with Gasteiger partial charge in [0.15, 0.2) is 0 Å². The first kappa shape index (κ1) is 73.0. The lowest BCUT2D eigenvalue weighted by molar-refractivity contribution is -0.160. The van der Waals surface area contributed by atoms with Gasteiger partial charge in [-0.05, 0) is 75.2 Å². The number of nitrogens with zero attached hydrogens (tertiary/aromatic N) is 4. The molecule has 0 unspecified atom stereocenters.